The molecule has 0 aliphatic rings. The van der Waals surface area contributed by atoms with Crippen LogP contribution in [0, 0.1) is 13.8 Å². The van der Waals surface area contributed by atoms with Gasteiger partial charge in [-0.3, -0.25) is 9.59 Å². The molecular formula is C32H26N2O2. The monoisotopic (exact) mass is 470 g/mol. The lowest BCUT2D eigenvalue weighted by molar-refractivity contribution is -0.113. The second-order valence-electron chi connectivity index (χ2n) is 8.93. The van der Waals surface area contributed by atoms with Gasteiger partial charge in [0, 0.05) is 11.3 Å². The molecule has 0 aliphatic carbocycles. The van der Waals surface area contributed by atoms with E-state index in [1.165, 1.54) is 0 Å². The molecule has 2 amide bonds. The maximum atomic E-state index is 13.5. The third-order valence-corrected chi connectivity index (χ3v) is 6.22. The average molecular weight is 471 g/mol. The van der Waals surface area contributed by atoms with Crippen LogP contribution in [0.4, 0.5) is 5.69 Å². The molecule has 0 aliphatic heterocycles. The van der Waals surface area contributed by atoms with E-state index in [1.54, 1.807) is 18.2 Å². The fraction of sp³-hybridized carbons (Fsp3) is 0.0625. The number of hydrogen-bond donors (Lipinski definition) is 2. The fourth-order valence-corrected chi connectivity index (χ4v) is 4.24. The molecule has 0 heterocycles. The van der Waals surface area contributed by atoms with E-state index >= 15 is 0 Å². The fourth-order valence-electron chi connectivity index (χ4n) is 4.24. The molecule has 0 atom stereocenters. The normalized spacial score (nSPS) is 11.4. The van der Waals surface area contributed by atoms with Crippen LogP contribution < -0.4 is 10.6 Å². The maximum absolute atomic E-state index is 13.5. The molecule has 36 heavy (non-hydrogen) atoms. The van der Waals surface area contributed by atoms with Gasteiger partial charge in [-0.15, -0.1) is 0 Å². The Balaban J connectivity index is 1.62. The van der Waals surface area contributed by atoms with Crippen molar-refractivity contribution < 1.29 is 9.59 Å². The summed E-state index contributed by atoms with van der Waals surface area (Å²) in [6.07, 6.45) is 1.78. The number of carbonyl (C=O) groups excluding carboxylic acids is 2. The van der Waals surface area contributed by atoms with E-state index in [4.69, 9.17) is 0 Å². The van der Waals surface area contributed by atoms with Gasteiger partial charge in [-0.1, -0.05) is 83.9 Å². The Bertz CT molecular complexity index is 1560. The topological polar surface area (TPSA) is 58.2 Å². The minimum absolute atomic E-state index is 0.169. The number of fused-ring (bicyclic) bond motifs is 2. The second-order valence-corrected chi connectivity index (χ2v) is 8.93. The summed E-state index contributed by atoms with van der Waals surface area (Å²) in [7, 11) is 0. The molecule has 4 nitrogen and oxygen atoms in total. The van der Waals surface area contributed by atoms with Crippen molar-refractivity contribution in [3.8, 4) is 0 Å². The Labute approximate surface area is 210 Å². The molecule has 5 rings (SSSR count). The summed E-state index contributed by atoms with van der Waals surface area (Å²) < 4.78 is 0. The summed E-state index contributed by atoms with van der Waals surface area (Å²) in [5, 5.41) is 9.93. The third-order valence-electron chi connectivity index (χ3n) is 6.22. The first-order chi connectivity index (χ1) is 17.5. The summed E-state index contributed by atoms with van der Waals surface area (Å²) in [6.45, 7) is 3.96. The number of anilines is 1. The molecule has 0 fully saturated rings. The predicted molar refractivity (Wildman–Crippen MR) is 148 cm³/mol. The number of amides is 2. The van der Waals surface area contributed by atoms with Gasteiger partial charge < -0.3 is 10.6 Å². The van der Waals surface area contributed by atoms with Crippen LogP contribution in [-0.2, 0) is 4.79 Å². The van der Waals surface area contributed by atoms with E-state index in [2.05, 4.69) is 28.8 Å². The van der Waals surface area contributed by atoms with Crippen molar-refractivity contribution in [1.82, 2.24) is 5.32 Å². The van der Waals surface area contributed by atoms with Crippen molar-refractivity contribution in [3.05, 3.63) is 131 Å². The SMILES string of the molecule is Cc1ccc(NC(=O)C(=Cc2c3ccccc3cc3ccccc23)NC(=O)c2ccc(C)cc2)cc1. The number of aryl methyl sites for hydroxylation is 2. The summed E-state index contributed by atoms with van der Waals surface area (Å²) >= 11 is 0. The predicted octanol–water partition coefficient (Wildman–Crippen LogP) is 7.02. The zero-order valence-corrected chi connectivity index (χ0v) is 20.2. The number of benzene rings is 5. The zero-order chi connectivity index (χ0) is 25.1. The summed E-state index contributed by atoms with van der Waals surface area (Å²) in [5.74, 6) is -0.735. The highest BCUT2D eigenvalue weighted by Crippen LogP contribution is 2.30. The van der Waals surface area contributed by atoms with Gasteiger partial charge in [0.15, 0.2) is 0 Å². The molecule has 0 saturated heterocycles. The summed E-state index contributed by atoms with van der Waals surface area (Å²) in [6, 6.07) is 33.1. The highest BCUT2D eigenvalue weighted by Gasteiger charge is 2.17. The molecule has 0 unspecified atom stereocenters. The van der Waals surface area contributed by atoms with E-state index in [0.717, 1.165) is 38.2 Å². The number of nitrogens with one attached hydrogen (secondary N) is 2. The smallest absolute Gasteiger partial charge is 0.272 e. The van der Waals surface area contributed by atoms with Crippen molar-refractivity contribution in [2.24, 2.45) is 0 Å². The van der Waals surface area contributed by atoms with E-state index in [0.29, 0.717) is 11.3 Å². The Morgan fingerprint density at radius 3 is 1.78 bits per heavy atom. The van der Waals surface area contributed by atoms with Crippen LogP contribution in [0.15, 0.2) is 109 Å². The van der Waals surface area contributed by atoms with Crippen molar-refractivity contribution in [3.63, 3.8) is 0 Å². The van der Waals surface area contributed by atoms with Crippen LogP contribution in [0.1, 0.15) is 27.0 Å². The molecule has 0 aromatic heterocycles. The average Bonchev–Trinajstić information content (AvgIpc) is 2.89. The molecule has 4 heteroatoms. The maximum Gasteiger partial charge on any atom is 0.272 e. The van der Waals surface area contributed by atoms with Crippen LogP contribution >= 0.6 is 0 Å². The highest BCUT2D eigenvalue weighted by molar-refractivity contribution is 6.14. The van der Waals surface area contributed by atoms with Gasteiger partial charge in [0.2, 0.25) is 0 Å². The van der Waals surface area contributed by atoms with Crippen LogP contribution in [0.3, 0.4) is 0 Å². The van der Waals surface area contributed by atoms with E-state index in [1.807, 2.05) is 86.6 Å². The summed E-state index contributed by atoms with van der Waals surface area (Å²) in [5.41, 5.74) is 4.34. The van der Waals surface area contributed by atoms with E-state index < -0.39 is 5.91 Å². The van der Waals surface area contributed by atoms with Crippen LogP contribution in [0.25, 0.3) is 27.6 Å². The number of rotatable bonds is 5. The zero-order valence-electron chi connectivity index (χ0n) is 20.2. The minimum atomic E-state index is -0.392. The molecule has 0 saturated carbocycles. The highest BCUT2D eigenvalue weighted by atomic mass is 16.2. The second kappa shape index (κ2) is 9.88. The standard InChI is InChI=1S/C32H26N2O2/c1-21-11-15-23(16-12-21)31(35)34-30(32(36)33-26-17-13-22(2)14-18-26)20-29-27-9-5-3-7-24(27)19-25-8-4-6-10-28(25)29/h3-20H,1-2H3,(H,33,36)(H,34,35). The van der Waals surface area contributed by atoms with Crippen molar-refractivity contribution >= 4 is 45.1 Å². The first kappa shape index (κ1) is 23.1. The molecule has 0 radical (unpaired) electrons. The van der Waals surface area contributed by atoms with Gasteiger partial charge in [-0.2, -0.15) is 0 Å². The van der Waals surface area contributed by atoms with Crippen molar-refractivity contribution in [2.75, 3.05) is 5.32 Å². The molecule has 0 spiro atoms. The van der Waals surface area contributed by atoms with Crippen molar-refractivity contribution in [1.29, 1.82) is 0 Å². The Hall–Kier alpha value is -4.70. The van der Waals surface area contributed by atoms with Gasteiger partial charge in [-0.25, -0.2) is 0 Å². The Morgan fingerprint density at radius 1 is 0.667 bits per heavy atom. The Morgan fingerprint density at radius 2 is 1.19 bits per heavy atom. The lowest BCUT2D eigenvalue weighted by Crippen LogP contribution is -2.30. The molecule has 176 valence electrons. The molecule has 5 aromatic carbocycles. The lowest BCUT2D eigenvalue weighted by atomic mass is 9.96. The molecule has 5 aromatic rings. The van der Waals surface area contributed by atoms with Crippen LogP contribution in [-0.4, -0.2) is 11.8 Å². The van der Waals surface area contributed by atoms with Crippen LogP contribution in [0.5, 0.6) is 0 Å². The van der Waals surface area contributed by atoms with Crippen molar-refractivity contribution in [2.45, 2.75) is 13.8 Å². The van der Waals surface area contributed by atoms with Gasteiger partial charge in [0.05, 0.1) is 0 Å². The minimum Gasteiger partial charge on any atom is -0.321 e. The van der Waals surface area contributed by atoms with Crippen LogP contribution in [0.2, 0.25) is 0 Å². The quantitative estimate of drug-likeness (QED) is 0.214. The third kappa shape index (κ3) is 4.89. The first-order valence-corrected chi connectivity index (χ1v) is 11.9. The number of carbonyl (C=O) groups is 2. The lowest BCUT2D eigenvalue weighted by Gasteiger charge is -2.14. The molecule has 0 bridgehead atoms. The first-order valence-electron chi connectivity index (χ1n) is 11.9. The van der Waals surface area contributed by atoms with E-state index in [-0.39, 0.29) is 11.6 Å². The van der Waals surface area contributed by atoms with Gasteiger partial charge in [-0.05, 0) is 77.4 Å². The van der Waals surface area contributed by atoms with E-state index in [9.17, 15) is 9.59 Å². The molecule has 2 N–H and O–H groups in total. The molecular weight excluding hydrogens is 444 g/mol. The van der Waals surface area contributed by atoms with Gasteiger partial charge in [0.1, 0.15) is 5.70 Å². The largest absolute Gasteiger partial charge is 0.321 e. The number of hydrogen-bond acceptors (Lipinski definition) is 2. The summed E-state index contributed by atoms with van der Waals surface area (Å²) in [4.78, 5) is 26.7. The van der Waals surface area contributed by atoms with Gasteiger partial charge >= 0.3 is 0 Å². The van der Waals surface area contributed by atoms with Gasteiger partial charge in [0.25, 0.3) is 11.8 Å². The Kier molecular flexibility index (Phi) is 6.33.